The molecule has 2 aromatic carbocycles. The SMILES string of the molecule is COc1ccc(Br)c(C(=O)O)c1OS(=O)(=O)c1ccc(C)cc1. The summed E-state index contributed by atoms with van der Waals surface area (Å²) >= 11 is 3.07. The summed E-state index contributed by atoms with van der Waals surface area (Å²) in [4.78, 5) is 11.3. The predicted octanol–water partition coefficient (Wildman–Crippen LogP) is 3.23. The molecule has 122 valence electrons. The Hall–Kier alpha value is -2.06. The summed E-state index contributed by atoms with van der Waals surface area (Å²) in [5.74, 6) is -1.72. The molecule has 2 rings (SSSR count). The van der Waals surface area contributed by atoms with Crippen molar-refractivity contribution in [1.82, 2.24) is 0 Å². The maximum absolute atomic E-state index is 12.4. The van der Waals surface area contributed by atoms with Crippen LogP contribution in [0.25, 0.3) is 0 Å². The second-order valence-corrected chi connectivity index (χ2v) is 7.01. The highest BCUT2D eigenvalue weighted by atomic mass is 79.9. The van der Waals surface area contributed by atoms with Crippen LogP contribution in [0.1, 0.15) is 15.9 Å². The zero-order chi connectivity index (χ0) is 17.2. The maximum atomic E-state index is 12.4. The summed E-state index contributed by atoms with van der Waals surface area (Å²) in [6, 6.07) is 8.86. The average molecular weight is 401 g/mol. The molecule has 0 saturated heterocycles. The molecule has 0 fully saturated rings. The molecule has 23 heavy (non-hydrogen) atoms. The maximum Gasteiger partial charge on any atom is 0.340 e. The van der Waals surface area contributed by atoms with Crippen LogP contribution in [0.3, 0.4) is 0 Å². The van der Waals surface area contributed by atoms with E-state index >= 15 is 0 Å². The van der Waals surface area contributed by atoms with E-state index in [0.29, 0.717) is 0 Å². The first kappa shape index (κ1) is 17.3. The van der Waals surface area contributed by atoms with Crippen LogP contribution < -0.4 is 8.92 Å². The third kappa shape index (κ3) is 3.65. The molecule has 6 nitrogen and oxygen atoms in total. The molecule has 0 amide bonds. The number of aromatic carboxylic acids is 1. The van der Waals surface area contributed by atoms with E-state index in [9.17, 15) is 18.3 Å². The highest BCUT2D eigenvalue weighted by Crippen LogP contribution is 2.38. The number of ether oxygens (including phenoxy) is 1. The van der Waals surface area contributed by atoms with E-state index in [1.807, 2.05) is 6.92 Å². The standard InChI is InChI=1S/C15H13BrO6S/c1-9-3-5-10(6-4-9)23(19,20)22-14-12(21-2)8-7-11(16)13(14)15(17)18/h3-8H,1-2H3,(H,17,18). The van der Waals surface area contributed by atoms with Gasteiger partial charge in [-0.1, -0.05) is 17.7 Å². The van der Waals surface area contributed by atoms with Crippen LogP contribution in [-0.4, -0.2) is 26.6 Å². The van der Waals surface area contributed by atoms with Crippen LogP contribution in [0, 0.1) is 6.92 Å². The van der Waals surface area contributed by atoms with Crippen LogP contribution >= 0.6 is 15.9 Å². The zero-order valence-corrected chi connectivity index (χ0v) is 14.6. The molecular weight excluding hydrogens is 388 g/mol. The first-order valence-electron chi connectivity index (χ1n) is 6.37. The van der Waals surface area contributed by atoms with E-state index < -0.39 is 16.1 Å². The molecule has 0 unspecified atom stereocenters. The van der Waals surface area contributed by atoms with Gasteiger partial charge < -0.3 is 14.0 Å². The van der Waals surface area contributed by atoms with Crippen molar-refractivity contribution in [2.24, 2.45) is 0 Å². The van der Waals surface area contributed by atoms with Crippen LogP contribution in [0.2, 0.25) is 0 Å². The van der Waals surface area contributed by atoms with Gasteiger partial charge in [-0.3, -0.25) is 0 Å². The lowest BCUT2D eigenvalue weighted by molar-refractivity contribution is 0.0693. The Morgan fingerprint density at radius 3 is 2.26 bits per heavy atom. The van der Waals surface area contributed by atoms with E-state index in [0.717, 1.165) is 5.56 Å². The number of carboxylic acids is 1. The number of benzene rings is 2. The molecule has 0 spiro atoms. The van der Waals surface area contributed by atoms with Crippen LogP contribution in [0.4, 0.5) is 0 Å². The third-order valence-electron chi connectivity index (χ3n) is 3.01. The molecule has 8 heteroatoms. The van der Waals surface area contributed by atoms with Gasteiger partial charge >= 0.3 is 16.1 Å². The van der Waals surface area contributed by atoms with Crippen molar-refractivity contribution in [2.75, 3.05) is 7.11 Å². The van der Waals surface area contributed by atoms with Gasteiger partial charge in [-0.2, -0.15) is 8.42 Å². The molecule has 0 aromatic heterocycles. The van der Waals surface area contributed by atoms with Crippen molar-refractivity contribution in [1.29, 1.82) is 0 Å². The van der Waals surface area contributed by atoms with Crippen molar-refractivity contribution in [3.8, 4) is 11.5 Å². The first-order chi connectivity index (χ1) is 10.8. The number of methoxy groups -OCH3 is 1. The minimum atomic E-state index is -4.20. The molecule has 1 N–H and O–H groups in total. The van der Waals surface area contributed by atoms with Crippen molar-refractivity contribution in [2.45, 2.75) is 11.8 Å². The van der Waals surface area contributed by atoms with E-state index in [1.165, 1.54) is 31.4 Å². The first-order valence-corrected chi connectivity index (χ1v) is 8.57. The van der Waals surface area contributed by atoms with Gasteiger partial charge in [0, 0.05) is 4.47 Å². The summed E-state index contributed by atoms with van der Waals surface area (Å²) in [6.07, 6.45) is 0. The van der Waals surface area contributed by atoms with Crippen LogP contribution in [-0.2, 0) is 10.1 Å². The topological polar surface area (TPSA) is 89.9 Å². The quantitative estimate of drug-likeness (QED) is 0.774. The molecule has 0 bridgehead atoms. The van der Waals surface area contributed by atoms with Gasteiger partial charge in [0.1, 0.15) is 10.5 Å². The number of aryl methyl sites for hydroxylation is 1. The van der Waals surface area contributed by atoms with E-state index in [2.05, 4.69) is 15.9 Å². The molecule has 0 saturated carbocycles. The highest BCUT2D eigenvalue weighted by Gasteiger charge is 2.26. The molecule has 0 heterocycles. The summed E-state index contributed by atoms with van der Waals surface area (Å²) in [5, 5.41) is 9.31. The smallest absolute Gasteiger partial charge is 0.340 e. The fourth-order valence-corrected chi connectivity index (χ4v) is 3.28. The summed E-state index contributed by atoms with van der Waals surface area (Å²) in [6.45, 7) is 1.82. The Bertz CT molecular complexity index is 843. The third-order valence-corrected chi connectivity index (χ3v) is 4.90. The van der Waals surface area contributed by atoms with Crippen LogP contribution in [0.5, 0.6) is 11.5 Å². The summed E-state index contributed by atoms with van der Waals surface area (Å²) in [7, 11) is -2.91. The summed E-state index contributed by atoms with van der Waals surface area (Å²) in [5.41, 5.74) is 0.551. The Morgan fingerprint density at radius 1 is 1.13 bits per heavy atom. The number of hydrogen-bond donors (Lipinski definition) is 1. The Balaban J connectivity index is 2.56. The van der Waals surface area contributed by atoms with Gasteiger partial charge in [-0.15, -0.1) is 0 Å². The van der Waals surface area contributed by atoms with Crippen molar-refractivity contribution < 1.29 is 27.2 Å². The van der Waals surface area contributed by atoms with Crippen molar-refractivity contribution >= 4 is 32.0 Å². The second kappa shape index (κ2) is 6.59. The van der Waals surface area contributed by atoms with Crippen LogP contribution in [0.15, 0.2) is 45.8 Å². The normalized spacial score (nSPS) is 11.1. The lowest BCUT2D eigenvalue weighted by atomic mass is 10.2. The largest absolute Gasteiger partial charge is 0.493 e. The number of rotatable bonds is 5. The number of carbonyl (C=O) groups is 1. The van der Waals surface area contributed by atoms with Gasteiger partial charge in [-0.05, 0) is 47.1 Å². The van der Waals surface area contributed by atoms with Gasteiger partial charge in [0.15, 0.2) is 11.5 Å². The molecule has 2 aromatic rings. The lowest BCUT2D eigenvalue weighted by Crippen LogP contribution is -2.13. The Labute approximate surface area is 141 Å². The van der Waals surface area contributed by atoms with Gasteiger partial charge in [-0.25, -0.2) is 4.79 Å². The molecule has 0 atom stereocenters. The highest BCUT2D eigenvalue weighted by molar-refractivity contribution is 9.10. The van der Waals surface area contributed by atoms with E-state index in [1.54, 1.807) is 12.1 Å². The van der Waals surface area contributed by atoms with Crippen molar-refractivity contribution in [3.05, 3.63) is 52.0 Å². The molecule has 0 aliphatic heterocycles. The minimum Gasteiger partial charge on any atom is -0.493 e. The monoisotopic (exact) mass is 400 g/mol. The fraction of sp³-hybridized carbons (Fsp3) is 0.133. The minimum absolute atomic E-state index is 0.00119. The van der Waals surface area contributed by atoms with Gasteiger partial charge in [0.25, 0.3) is 0 Å². The summed E-state index contributed by atoms with van der Waals surface area (Å²) < 4.78 is 35.0. The van der Waals surface area contributed by atoms with Gasteiger partial charge in [0.05, 0.1) is 7.11 Å². The van der Waals surface area contributed by atoms with Gasteiger partial charge in [0.2, 0.25) is 0 Å². The molecular formula is C15H13BrO6S. The Kier molecular flexibility index (Phi) is 4.96. The predicted molar refractivity (Wildman–Crippen MR) is 86.6 cm³/mol. The number of hydrogen-bond acceptors (Lipinski definition) is 5. The lowest BCUT2D eigenvalue weighted by Gasteiger charge is -2.14. The fourth-order valence-electron chi connectivity index (χ4n) is 1.85. The average Bonchev–Trinajstić information content (AvgIpc) is 2.47. The van der Waals surface area contributed by atoms with E-state index in [4.69, 9.17) is 8.92 Å². The zero-order valence-electron chi connectivity index (χ0n) is 12.2. The number of halogens is 1. The molecule has 0 radical (unpaired) electrons. The number of carboxylic acid groups (broad SMARTS) is 1. The molecule has 0 aliphatic rings. The van der Waals surface area contributed by atoms with Crippen molar-refractivity contribution in [3.63, 3.8) is 0 Å². The Morgan fingerprint density at radius 2 is 1.74 bits per heavy atom. The molecule has 0 aliphatic carbocycles. The second-order valence-electron chi connectivity index (χ2n) is 4.61. The van der Waals surface area contributed by atoms with E-state index in [-0.39, 0.29) is 26.4 Å².